The van der Waals surface area contributed by atoms with Crippen LogP contribution in [0, 0.1) is 0 Å². The molecule has 2 nitrogen and oxygen atoms in total. The molecule has 1 atom stereocenters. The van der Waals surface area contributed by atoms with Crippen molar-refractivity contribution in [2.24, 2.45) is 0 Å². The number of rotatable bonds is 7. The Balaban J connectivity index is 3.20. The van der Waals surface area contributed by atoms with Crippen molar-refractivity contribution in [3.05, 3.63) is 0 Å². The fourth-order valence-corrected chi connectivity index (χ4v) is 2.03. The minimum absolute atomic E-state index is 0.508. The fourth-order valence-electron chi connectivity index (χ4n) is 0.869. The molecule has 0 spiro atoms. The zero-order valence-corrected chi connectivity index (χ0v) is 9.25. The van der Waals surface area contributed by atoms with Crippen LogP contribution in [-0.4, -0.2) is 28.3 Å². The molecule has 1 N–H and O–H groups in total. The van der Waals surface area contributed by atoms with E-state index in [9.17, 15) is 4.21 Å². The molecule has 0 fully saturated rings. The Morgan fingerprint density at radius 1 is 1.33 bits per heavy atom. The van der Waals surface area contributed by atoms with E-state index in [1.165, 1.54) is 0 Å². The first-order valence-electron chi connectivity index (χ1n) is 4.75. The minimum atomic E-state index is -0.599. The van der Waals surface area contributed by atoms with E-state index in [1.807, 2.05) is 0 Å². The van der Waals surface area contributed by atoms with Crippen molar-refractivity contribution in [1.29, 1.82) is 0 Å². The van der Waals surface area contributed by atoms with Crippen LogP contribution >= 0.6 is 0 Å². The third-order valence-corrected chi connectivity index (χ3v) is 3.01. The maximum atomic E-state index is 11.3. The quantitative estimate of drug-likeness (QED) is 0.661. The highest BCUT2D eigenvalue weighted by Crippen LogP contribution is 1.91. The van der Waals surface area contributed by atoms with Crippen LogP contribution in [0.1, 0.15) is 33.6 Å². The van der Waals surface area contributed by atoms with E-state index in [1.54, 1.807) is 0 Å². The molecule has 12 heavy (non-hydrogen) atoms. The summed E-state index contributed by atoms with van der Waals surface area (Å²) in [6.07, 6.45) is 2.23. The van der Waals surface area contributed by atoms with Crippen LogP contribution in [0.2, 0.25) is 0 Å². The van der Waals surface area contributed by atoms with Crippen molar-refractivity contribution in [3.8, 4) is 0 Å². The molecule has 0 amide bonds. The summed E-state index contributed by atoms with van der Waals surface area (Å²) >= 11 is 0. The van der Waals surface area contributed by atoms with Crippen LogP contribution in [0.4, 0.5) is 0 Å². The first-order valence-corrected chi connectivity index (χ1v) is 6.24. The molecule has 0 rings (SSSR count). The van der Waals surface area contributed by atoms with Crippen molar-refractivity contribution >= 4 is 10.8 Å². The lowest BCUT2D eigenvalue weighted by Crippen LogP contribution is -2.27. The highest BCUT2D eigenvalue weighted by Gasteiger charge is 1.98. The molecule has 0 aliphatic heterocycles. The molecule has 0 saturated carbocycles. The summed E-state index contributed by atoms with van der Waals surface area (Å²) in [6.45, 7) is 7.22. The Labute approximate surface area is 78.6 Å². The maximum Gasteiger partial charge on any atom is 0.0360 e. The van der Waals surface area contributed by atoms with Gasteiger partial charge in [-0.05, 0) is 6.42 Å². The van der Waals surface area contributed by atoms with Crippen LogP contribution in [-0.2, 0) is 10.8 Å². The van der Waals surface area contributed by atoms with E-state index >= 15 is 0 Å². The topological polar surface area (TPSA) is 29.1 Å². The number of hydrogen-bond acceptors (Lipinski definition) is 2. The molecular weight excluding hydrogens is 170 g/mol. The molecule has 0 aromatic rings. The van der Waals surface area contributed by atoms with Gasteiger partial charge in [-0.25, -0.2) is 0 Å². The summed E-state index contributed by atoms with van der Waals surface area (Å²) in [7, 11) is -0.599. The summed E-state index contributed by atoms with van der Waals surface area (Å²) in [4.78, 5) is 0. The van der Waals surface area contributed by atoms with Gasteiger partial charge in [-0.1, -0.05) is 27.2 Å². The van der Waals surface area contributed by atoms with Crippen LogP contribution in [0.15, 0.2) is 0 Å². The van der Waals surface area contributed by atoms with Gasteiger partial charge in [-0.15, -0.1) is 0 Å². The molecule has 0 aromatic carbocycles. The second-order valence-corrected chi connectivity index (χ2v) is 5.01. The summed E-state index contributed by atoms with van der Waals surface area (Å²) in [5, 5.41) is 3.26. The van der Waals surface area contributed by atoms with Gasteiger partial charge in [0.2, 0.25) is 0 Å². The normalized spacial score (nSPS) is 13.7. The van der Waals surface area contributed by atoms with E-state index in [0.29, 0.717) is 6.04 Å². The van der Waals surface area contributed by atoms with Gasteiger partial charge in [0.25, 0.3) is 0 Å². The zero-order chi connectivity index (χ0) is 9.40. The zero-order valence-electron chi connectivity index (χ0n) is 8.43. The van der Waals surface area contributed by atoms with Crippen LogP contribution < -0.4 is 5.32 Å². The Bertz CT molecular complexity index is 126. The van der Waals surface area contributed by atoms with Crippen molar-refractivity contribution in [1.82, 2.24) is 5.32 Å². The molecular formula is C9H21NOS. The smallest absolute Gasteiger partial charge is 0.0360 e. The van der Waals surface area contributed by atoms with Crippen molar-refractivity contribution in [3.63, 3.8) is 0 Å². The standard InChI is InChI=1S/C9H21NOS/c1-4-5-7-12(11)8-6-10-9(2)3/h9-10H,4-8H2,1-3H3. The van der Waals surface area contributed by atoms with Gasteiger partial charge >= 0.3 is 0 Å². The van der Waals surface area contributed by atoms with E-state index in [-0.39, 0.29) is 0 Å². The average Bonchev–Trinajstić information content (AvgIpc) is 2.00. The van der Waals surface area contributed by atoms with Gasteiger partial charge in [0.15, 0.2) is 0 Å². The number of nitrogens with one attached hydrogen (secondary N) is 1. The lowest BCUT2D eigenvalue weighted by Gasteiger charge is -2.06. The summed E-state index contributed by atoms with van der Waals surface area (Å²) in [5.41, 5.74) is 0. The van der Waals surface area contributed by atoms with Crippen LogP contribution in [0.5, 0.6) is 0 Å². The van der Waals surface area contributed by atoms with Gasteiger partial charge in [0.1, 0.15) is 0 Å². The van der Waals surface area contributed by atoms with Crippen molar-refractivity contribution in [2.75, 3.05) is 18.1 Å². The molecule has 0 saturated heterocycles. The molecule has 0 heterocycles. The van der Waals surface area contributed by atoms with Crippen LogP contribution in [0.25, 0.3) is 0 Å². The van der Waals surface area contributed by atoms with Gasteiger partial charge in [0.05, 0.1) is 0 Å². The Morgan fingerprint density at radius 3 is 2.50 bits per heavy atom. The first-order chi connectivity index (χ1) is 5.66. The van der Waals surface area contributed by atoms with Gasteiger partial charge < -0.3 is 5.32 Å². The largest absolute Gasteiger partial charge is 0.314 e. The maximum absolute atomic E-state index is 11.3. The molecule has 0 aliphatic rings. The predicted octanol–water partition coefficient (Wildman–Crippen LogP) is 1.53. The lowest BCUT2D eigenvalue weighted by atomic mass is 10.4. The summed E-state index contributed by atoms with van der Waals surface area (Å²) in [6, 6.07) is 0.508. The Hall–Kier alpha value is 0.110. The lowest BCUT2D eigenvalue weighted by molar-refractivity contribution is 0.610. The summed E-state index contributed by atoms with van der Waals surface area (Å²) < 4.78 is 11.3. The first kappa shape index (κ1) is 12.1. The molecule has 3 heteroatoms. The van der Waals surface area contributed by atoms with Crippen molar-refractivity contribution in [2.45, 2.75) is 39.7 Å². The van der Waals surface area contributed by atoms with E-state index in [2.05, 4.69) is 26.1 Å². The monoisotopic (exact) mass is 191 g/mol. The van der Waals surface area contributed by atoms with E-state index in [0.717, 1.165) is 30.9 Å². The molecule has 0 aliphatic carbocycles. The molecule has 0 aromatic heterocycles. The average molecular weight is 191 g/mol. The van der Waals surface area contributed by atoms with Crippen LogP contribution in [0.3, 0.4) is 0 Å². The molecule has 0 radical (unpaired) electrons. The van der Waals surface area contributed by atoms with Gasteiger partial charge in [0, 0.05) is 34.9 Å². The second kappa shape index (κ2) is 7.74. The Kier molecular flexibility index (Phi) is 7.81. The highest BCUT2D eigenvalue weighted by molar-refractivity contribution is 7.84. The summed E-state index contributed by atoms with van der Waals surface area (Å²) in [5.74, 6) is 1.68. The van der Waals surface area contributed by atoms with E-state index in [4.69, 9.17) is 0 Å². The van der Waals surface area contributed by atoms with E-state index < -0.39 is 10.8 Å². The molecule has 1 unspecified atom stereocenters. The Morgan fingerprint density at radius 2 is 2.00 bits per heavy atom. The number of unbranched alkanes of at least 4 members (excludes halogenated alkanes) is 1. The third-order valence-electron chi connectivity index (χ3n) is 1.61. The highest BCUT2D eigenvalue weighted by atomic mass is 32.2. The van der Waals surface area contributed by atoms with Crippen molar-refractivity contribution < 1.29 is 4.21 Å². The second-order valence-electron chi connectivity index (χ2n) is 3.31. The van der Waals surface area contributed by atoms with Gasteiger partial charge in [-0.3, -0.25) is 4.21 Å². The third kappa shape index (κ3) is 8.21. The molecule has 74 valence electrons. The van der Waals surface area contributed by atoms with Gasteiger partial charge in [-0.2, -0.15) is 0 Å². The molecule has 0 bridgehead atoms. The SMILES string of the molecule is CCCCS(=O)CCNC(C)C. The fraction of sp³-hybridized carbons (Fsp3) is 1.00. The predicted molar refractivity (Wildman–Crippen MR) is 55.9 cm³/mol. The number of hydrogen-bond donors (Lipinski definition) is 1. The minimum Gasteiger partial charge on any atom is -0.314 e.